The molecular formula is C12H13N3O. The number of nitrogens with zero attached hydrogens (tertiary/aromatic N) is 2. The molecule has 0 aliphatic heterocycles. The maximum atomic E-state index is 12.1. The molecule has 0 atom stereocenters. The normalized spacial score (nSPS) is 10.4. The van der Waals surface area contributed by atoms with Crippen LogP contribution in [0.4, 0.5) is 5.69 Å². The molecule has 1 aromatic carbocycles. The SMILES string of the molecule is Cc1ccc(N)c(C(=O)c2cnn(C)c2)c1. The molecule has 4 nitrogen and oxygen atoms in total. The fourth-order valence-corrected chi connectivity index (χ4v) is 1.56. The van der Waals surface area contributed by atoms with Gasteiger partial charge >= 0.3 is 0 Å². The first-order valence-electron chi connectivity index (χ1n) is 4.97. The van der Waals surface area contributed by atoms with Crippen LogP contribution in [0, 0.1) is 6.92 Å². The number of aromatic nitrogens is 2. The van der Waals surface area contributed by atoms with Crippen molar-refractivity contribution < 1.29 is 4.79 Å². The zero-order valence-corrected chi connectivity index (χ0v) is 9.27. The number of hydrogen-bond donors (Lipinski definition) is 1. The monoisotopic (exact) mass is 215 g/mol. The Morgan fingerprint density at radius 2 is 2.19 bits per heavy atom. The van der Waals surface area contributed by atoms with Gasteiger partial charge in [-0.1, -0.05) is 11.6 Å². The van der Waals surface area contributed by atoms with Gasteiger partial charge in [-0.05, 0) is 19.1 Å². The van der Waals surface area contributed by atoms with E-state index in [0.717, 1.165) is 5.56 Å². The van der Waals surface area contributed by atoms with E-state index < -0.39 is 0 Å². The van der Waals surface area contributed by atoms with Crippen LogP contribution >= 0.6 is 0 Å². The lowest BCUT2D eigenvalue weighted by molar-refractivity contribution is 0.103. The summed E-state index contributed by atoms with van der Waals surface area (Å²) in [6, 6.07) is 5.43. The summed E-state index contributed by atoms with van der Waals surface area (Å²) in [4.78, 5) is 12.1. The van der Waals surface area contributed by atoms with Gasteiger partial charge in [-0.25, -0.2) is 0 Å². The molecule has 0 amide bonds. The summed E-state index contributed by atoms with van der Waals surface area (Å²) in [6.07, 6.45) is 3.23. The molecule has 1 heterocycles. The highest BCUT2D eigenvalue weighted by atomic mass is 16.1. The number of hydrogen-bond acceptors (Lipinski definition) is 3. The fourth-order valence-electron chi connectivity index (χ4n) is 1.56. The molecule has 0 saturated heterocycles. The van der Waals surface area contributed by atoms with Gasteiger partial charge in [-0.2, -0.15) is 5.10 Å². The van der Waals surface area contributed by atoms with Crippen LogP contribution in [0.5, 0.6) is 0 Å². The first-order chi connectivity index (χ1) is 7.58. The van der Waals surface area contributed by atoms with E-state index in [1.165, 1.54) is 0 Å². The van der Waals surface area contributed by atoms with E-state index in [2.05, 4.69) is 5.10 Å². The standard InChI is InChI=1S/C12H13N3O/c1-8-3-4-11(13)10(5-8)12(16)9-6-14-15(2)7-9/h3-7H,13H2,1-2H3. The van der Waals surface area contributed by atoms with E-state index in [4.69, 9.17) is 5.73 Å². The third-order valence-electron chi connectivity index (χ3n) is 2.42. The minimum absolute atomic E-state index is 0.0886. The number of rotatable bonds is 2. The van der Waals surface area contributed by atoms with Crippen molar-refractivity contribution in [2.75, 3.05) is 5.73 Å². The van der Waals surface area contributed by atoms with E-state index in [-0.39, 0.29) is 5.78 Å². The Kier molecular flexibility index (Phi) is 2.48. The third-order valence-corrected chi connectivity index (χ3v) is 2.42. The zero-order chi connectivity index (χ0) is 11.7. The topological polar surface area (TPSA) is 60.9 Å². The molecule has 4 heteroatoms. The van der Waals surface area contributed by atoms with Gasteiger partial charge in [0.15, 0.2) is 5.78 Å². The second-order valence-corrected chi connectivity index (χ2v) is 3.82. The molecule has 0 radical (unpaired) electrons. The number of benzene rings is 1. The van der Waals surface area contributed by atoms with Gasteiger partial charge in [0, 0.05) is 24.5 Å². The summed E-state index contributed by atoms with van der Waals surface area (Å²) in [6.45, 7) is 1.93. The number of carbonyl (C=O) groups excluding carboxylic acids is 1. The molecule has 0 saturated carbocycles. The molecular weight excluding hydrogens is 202 g/mol. The largest absolute Gasteiger partial charge is 0.398 e. The molecule has 82 valence electrons. The van der Waals surface area contributed by atoms with Crippen molar-refractivity contribution in [2.45, 2.75) is 6.92 Å². The lowest BCUT2D eigenvalue weighted by Gasteiger charge is -2.04. The fraction of sp³-hybridized carbons (Fsp3) is 0.167. The van der Waals surface area contributed by atoms with Gasteiger partial charge in [-0.15, -0.1) is 0 Å². The summed E-state index contributed by atoms with van der Waals surface area (Å²) >= 11 is 0. The van der Waals surface area contributed by atoms with E-state index in [0.29, 0.717) is 16.8 Å². The summed E-state index contributed by atoms with van der Waals surface area (Å²) in [7, 11) is 1.77. The van der Waals surface area contributed by atoms with Gasteiger partial charge in [-0.3, -0.25) is 9.48 Å². The van der Waals surface area contributed by atoms with Crippen LogP contribution in [0.2, 0.25) is 0 Å². The molecule has 0 aliphatic rings. The maximum absolute atomic E-state index is 12.1. The molecule has 2 aromatic rings. The van der Waals surface area contributed by atoms with E-state index >= 15 is 0 Å². The average Bonchev–Trinajstić information content (AvgIpc) is 2.67. The summed E-state index contributed by atoms with van der Waals surface area (Å²) in [5.41, 5.74) is 8.39. The Bertz CT molecular complexity index is 543. The molecule has 0 aliphatic carbocycles. The van der Waals surface area contributed by atoms with Crippen molar-refractivity contribution in [1.82, 2.24) is 9.78 Å². The van der Waals surface area contributed by atoms with Crippen molar-refractivity contribution >= 4 is 11.5 Å². The predicted octanol–water partition coefficient (Wildman–Crippen LogP) is 1.54. The maximum Gasteiger partial charge on any atom is 0.198 e. The Morgan fingerprint density at radius 1 is 1.44 bits per heavy atom. The van der Waals surface area contributed by atoms with Gasteiger partial charge in [0.25, 0.3) is 0 Å². The Balaban J connectivity index is 2.45. The minimum atomic E-state index is -0.0886. The first kappa shape index (κ1) is 10.4. The number of carbonyl (C=O) groups is 1. The molecule has 0 fully saturated rings. The first-order valence-corrected chi connectivity index (χ1v) is 4.97. The van der Waals surface area contributed by atoms with Crippen molar-refractivity contribution in [3.63, 3.8) is 0 Å². The second-order valence-electron chi connectivity index (χ2n) is 3.82. The highest BCUT2D eigenvalue weighted by Gasteiger charge is 2.13. The van der Waals surface area contributed by atoms with E-state index in [1.54, 1.807) is 36.3 Å². The Morgan fingerprint density at radius 3 is 2.81 bits per heavy atom. The van der Waals surface area contributed by atoms with Gasteiger partial charge in [0.1, 0.15) is 0 Å². The van der Waals surface area contributed by atoms with Crippen molar-refractivity contribution in [3.8, 4) is 0 Å². The quantitative estimate of drug-likeness (QED) is 0.610. The Hall–Kier alpha value is -2.10. The number of nitrogens with two attached hydrogens (primary N) is 1. The molecule has 16 heavy (non-hydrogen) atoms. The number of ketones is 1. The van der Waals surface area contributed by atoms with Crippen molar-refractivity contribution in [1.29, 1.82) is 0 Å². The summed E-state index contributed by atoms with van der Waals surface area (Å²) < 4.78 is 1.60. The zero-order valence-electron chi connectivity index (χ0n) is 9.27. The molecule has 2 rings (SSSR count). The van der Waals surface area contributed by atoms with Gasteiger partial charge < -0.3 is 5.73 Å². The van der Waals surface area contributed by atoms with Crippen LogP contribution in [-0.2, 0) is 7.05 Å². The van der Waals surface area contributed by atoms with Crippen molar-refractivity contribution in [3.05, 3.63) is 47.3 Å². The van der Waals surface area contributed by atoms with Gasteiger partial charge in [0.2, 0.25) is 0 Å². The Labute approximate surface area is 93.7 Å². The lowest BCUT2D eigenvalue weighted by atomic mass is 10.0. The minimum Gasteiger partial charge on any atom is -0.398 e. The molecule has 2 N–H and O–H groups in total. The van der Waals surface area contributed by atoms with E-state index in [1.807, 2.05) is 13.0 Å². The molecule has 0 bridgehead atoms. The van der Waals surface area contributed by atoms with Crippen LogP contribution in [0.15, 0.2) is 30.6 Å². The second kappa shape index (κ2) is 3.81. The average molecular weight is 215 g/mol. The molecule has 0 unspecified atom stereocenters. The predicted molar refractivity (Wildman–Crippen MR) is 62.2 cm³/mol. The highest BCUT2D eigenvalue weighted by molar-refractivity contribution is 6.11. The van der Waals surface area contributed by atoms with Crippen LogP contribution < -0.4 is 5.73 Å². The smallest absolute Gasteiger partial charge is 0.198 e. The number of aryl methyl sites for hydroxylation is 2. The lowest BCUT2D eigenvalue weighted by Crippen LogP contribution is -2.04. The summed E-state index contributed by atoms with van der Waals surface area (Å²) in [5.74, 6) is -0.0886. The van der Waals surface area contributed by atoms with Crippen LogP contribution in [-0.4, -0.2) is 15.6 Å². The number of nitrogen functional groups attached to an aromatic ring is 1. The summed E-state index contributed by atoms with van der Waals surface area (Å²) in [5, 5.41) is 3.97. The van der Waals surface area contributed by atoms with Crippen LogP contribution in [0.25, 0.3) is 0 Å². The van der Waals surface area contributed by atoms with E-state index in [9.17, 15) is 4.79 Å². The molecule has 1 aromatic heterocycles. The molecule has 0 spiro atoms. The van der Waals surface area contributed by atoms with Crippen molar-refractivity contribution in [2.24, 2.45) is 7.05 Å². The number of anilines is 1. The van der Waals surface area contributed by atoms with Crippen LogP contribution in [0.1, 0.15) is 21.5 Å². The van der Waals surface area contributed by atoms with Gasteiger partial charge in [0.05, 0.1) is 11.8 Å². The highest BCUT2D eigenvalue weighted by Crippen LogP contribution is 2.17. The van der Waals surface area contributed by atoms with Crippen LogP contribution in [0.3, 0.4) is 0 Å². The third kappa shape index (κ3) is 1.82.